The van der Waals surface area contributed by atoms with Crippen LogP contribution >= 0.6 is 0 Å². The molecule has 0 unspecified atom stereocenters. The van der Waals surface area contributed by atoms with Crippen LogP contribution in [0.1, 0.15) is 110 Å². The second-order valence-corrected chi connectivity index (χ2v) is 35.1. The number of hydrogen-bond donors (Lipinski definition) is 2. The third-order valence-electron chi connectivity index (χ3n) is 25.4. The minimum Gasteiger partial charge on any atom is -0.369 e. The summed E-state index contributed by atoms with van der Waals surface area (Å²) in [5.41, 5.74) is 22.5. The van der Waals surface area contributed by atoms with E-state index in [-0.39, 0.29) is 27.8 Å². The van der Waals surface area contributed by atoms with Gasteiger partial charge in [-0.1, -0.05) is 0 Å². The number of aromatic nitrogens is 20. The highest BCUT2D eigenvalue weighted by Crippen LogP contribution is 2.39. The van der Waals surface area contributed by atoms with E-state index in [1.807, 2.05) is 160 Å². The van der Waals surface area contributed by atoms with Gasteiger partial charge in [-0.15, -0.1) is 0 Å². The predicted molar refractivity (Wildman–Crippen MR) is 481 cm³/mol. The van der Waals surface area contributed by atoms with Crippen LogP contribution in [0.2, 0.25) is 0 Å². The van der Waals surface area contributed by atoms with Gasteiger partial charge < -0.3 is 30.2 Å². The Morgan fingerprint density at radius 2 is 0.718 bits per heavy atom. The molecule has 0 aromatic carbocycles. The lowest BCUT2D eigenvalue weighted by molar-refractivity contribution is 0.260. The van der Waals surface area contributed by atoms with E-state index < -0.39 is 0 Å². The van der Waals surface area contributed by atoms with Gasteiger partial charge in [-0.05, 0) is 242 Å². The second kappa shape index (κ2) is 32.0. The third kappa shape index (κ3) is 15.7. The quantitative estimate of drug-likeness (QED) is 0.129. The summed E-state index contributed by atoms with van der Waals surface area (Å²) in [7, 11) is 0. The number of hydrogen-bond acceptors (Lipinski definition) is 24. The molecule has 124 heavy (non-hydrogen) atoms. The van der Waals surface area contributed by atoms with Crippen molar-refractivity contribution in [2.45, 2.75) is 150 Å². The van der Waals surface area contributed by atoms with Crippen molar-refractivity contribution in [3.05, 3.63) is 233 Å². The number of piperazine rings is 2. The molecule has 0 radical (unpaired) electrons. The number of anilines is 4. The molecular formula is C92H102N28O4. The highest BCUT2D eigenvalue weighted by Gasteiger charge is 2.46. The fourth-order valence-corrected chi connectivity index (χ4v) is 19.1. The van der Waals surface area contributed by atoms with Gasteiger partial charge in [0.2, 0.25) is 0 Å². The molecule has 7 fully saturated rings. The fourth-order valence-electron chi connectivity index (χ4n) is 19.1. The molecule has 1 aliphatic carbocycles. The normalized spacial score (nSPS) is 19.2. The zero-order valence-electron chi connectivity index (χ0n) is 71.8. The van der Waals surface area contributed by atoms with Crippen molar-refractivity contribution in [1.82, 2.24) is 116 Å². The number of imidazole rings is 4. The molecular weight excluding hydrogens is 1560 g/mol. The monoisotopic (exact) mass is 1660 g/mol. The van der Waals surface area contributed by atoms with Crippen LogP contribution in [0.3, 0.4) is 0 Å². The van der Waals surface area contributed by atoms with E-state index in [1.165, 1.54) is 77.5 Å². The van der Waals surface area contributed by atoms with Crippen molar-refractivity contribution in [2.75, 3.05) is 105 Å². The van der Waals surface area contributed by atoms with Crippen molar-refractivity contribution in [2.24, 2.45) is 0 Å². The molecule has 16 aromatic rings. The molecule has 0 bridgehead atoms. The summed E-state index contributed by atoms with van der Waals surface area (Å²) in [5.74, 6) is 0. The molecule has 6 saturated heterocycles. The number of nitrogens with one attached hydrogen (secondary N) is 2. The van der Waals surface area contributed by atoms with E-state index in [9.17, 15) is 19.2 Å². The molecule has 7 aliphatic rings. The van der Waals surface area contributed by atoms with E-state index in [0.717, 1.165) is 149 Å². The Kier molecular flexibility index (Phi) is 20.5. The van der Waals surface area contributed by atoms with Crippen LogP contribution in [0.15, 0.2) is 166 Å². The average Bonchev–Trinajstić information content (AvgIpc) is 1.56. The minimum atomic E-state index is -0.116. The fraction of sp³-hybridized carbons (Fsp3) is 0.391. The van der Waals surface area contributed by atoms with E-state index >= 15 is 0 Å². The van der Waals surface area contributed by atoms with Gasteiger partial charge in [0.05, 0.1) is 93.1 Å². The molecule has 22 heterocycles. The molecule has 4 atom stereocenters. The zero-order valence-corrected chi connectivity index (χ0v) is 71.8. The first-order chi connectivity index (χ1) is 60.0. The van der Waals surface area contributed by atoms with Gasteiger partial charge in [-0.2, -0.15) is 20.4 Å². The molecule has 1 spiro atoms. The largest absolute Gasteiger partial charge is 0.369 e. The van der Waals surface area contributed by atoms with Crippen LogP contribution in [-0.2, 0) is 0 Å². The van der Waals surface area contributed by atoms with Crippen LogP contribution in [-0.4, -0.2) is 221 Å². The zero-order chi connectivity index (χ0) is 85.1. The number of nitrogens with zero attached hydrogens (tertiary/aromatic N) is 26. The average molecular weight is 1660 g/mol. The Morgan fingerprint density at radius 3 is 1.18 bits per heavy atom. The first-order valence-electron chi connectivity index (χ1n) is 43.5. The Bertz CT molecular complexity index is 7130. The van der Waals surface area contributed by atoms with Gasteiger partial charge in [0, 0.05) is 138 Å². The minimum absolute atomic E-state index is 0.0940. The number of rotatable bonds is 10. The van der Waals surface area contributed by atoms with Crippen LogP contribution in [0, 0.1) is 55.4 Å². The first kappa shape index (κ1) is 79.4. The molecule has 6 aliphatic heterocycles. The van der Waals surface area contributed by atoms with E-state index in [1.54, 1.807) is 59.9 Å². The first-order valence-corrected chi connectivity index (χ1v) is 43.5. The molecule has 634 valence electrons. The van der Waals surface area contributed by atoms with Gasteiger partial charge in [-0.25, -0.2) is 57.9 Å². The van der Waals surface area contributed by atoms with Gasteiger partial charge in [0.25, 0.3) is 22.2 Å². The summed E-state index contributed by atoms with van der Waals surface area (Å²) in [4.78, 5) is 104. The Hall–Kier alpha value is -13.0. The molecule has 1 saturated carbocycles. The Labute approximate surface area is 714 Å². The van der Waals surface area contributed by atoms with E-state index in [2.05, 4.69) is 112 Å². The topological polar surface area (TPSA) is 302 Å². The summed E-state index contributed by atoms with van der Waals surface area (Å²) < 4.78 is 13.6. The lowest BCUT2D eigenvalue weighted by Gasteiger charge is -2.37. The lowest BCUT2D eigenvalue weighted by Crippen LogP contribution is -2.54. The highest BCUT2D eigenvalue weighted by atomic mass is 16.1. The molecule has 2 N–H and O–H groups in total. The van der Waals surface area contributed by atoms with Crippen LogP contribution in [0.25, 0.3) is 90.7 Å². The summed E-state index contributed by atoms with van der Waals surface area (Å²) >= 11 is 0. The SMILES string of the molecule is Cc1cn2nc(-c3cc(=O)n4cc(N5CCNC6(CC6)C5)cc(C)c4n3)cc(C)c2n1.Cc1cn2nc(-c3cc(=O)n4cc(N5CC[C@H](N6CCCC6)C5)ccc4n3)cc(C)c2n1.Cc1cn2nc(-c3cc(=O)n4cc(N5CC[C@H](N6CCCC6)C5)ccc4n3)ccc2n1.Cc1cn2nc(-c3cc(=O)n4cc(N5C[C@H](C)N[C@@H](C)C5)ccc4n3)cc(C)c2n1. The summed E-state index contributed by atoms with van der Waals surface area (Å²) in [6, 6.07) is 32.0. The molecule has 23 rings (SSSR count). The maximum Gasteiger partial charge on any atom is 0.258 e. The van der Waals surface area contributed by atoms with Gasteiger partial charge >= 0.3 is 0 Å². The van der Waals surface area contributed by atoms with Crippen molar-refractivity contribution in [3.63, 3.8) is 0 Å². The van der Waals surface area contributed by atoms with Crippen molar-refractivity contribution >= 4 is 67.9 Å². The predicted octanol–water partition coefficient (Wildman–Crippen LogP) is 9.56. The number of pyridine rings is 4. The lowest BCUT2D eigenvalue weighted by atomic mass is 10.1. The highest BCUT2D eigenvalue weighted by molar-refractivity contribution is 5.68. The van der Waals surface area contributed by atoms with Crippen molar-refractivity contribution in [3.8, 4) is 45.6 Å². The molecule has 0 amide bonds. The van der Waals surface area contributed by atoms with Gasteiger partial charge in [0.15, 0.2) is 22.6 Å². The number of fused-ring (bicyclic) bond motifs is 8. The Balaban J connectivity index is 0.000000105. The van der Waals surface area contributed by atoms with E-state index in [0.29, 0.717) is 92.3 Å². The summed E-state index contributed by atoms with van der Waals surface area (Å²) in [6.07, 6.45) is 25.3. The maximum atomic E-state index is 13.1. The van der Waals surface area contributed by atoms with Crippen molar-refractivity contribution < 1.29 is 0 Å². The molecule has 32 nitrogen and oxygen atoms in total. The van der Waals surface area contributed by atoms with Gasteiger partial charge in [0.1, 0.15) is 45.4 Å². The summed E-state index contributed by atoms with van der Waals surface area (Å²) in [6.45, 7) is 33.8. The Morgan fingerprint density at radius 1 is 0.331 bits per heavy atom. The van der Waals surface area contributed by atoms with Crippen molar-refractivity contribution in [1.29, 1.82) is 0 Å². The summed E-state index contributed by atoms with van der Waals surface area (Å²) in [5, 5.41) is 25.6. The standard InChI is InChI=1S/C24H27N7O.2C23H25N7O.C22H25N7O/c1-16-11-21(27-31-13-17(2)25-24(16)31)20-12-23(32)30-15-18(5-6-22(30)26-20)29-10-7-19(14-29)28-8-3-4-9-28;1-14-8-17(28-7-6-24-23(13-28)4-5-23)12-29-20(31)10-18(26-21(14)29)19-9-15(2)22-25-16(3)11-30(22)27-19;1-16-13-30-22(24-16)7-5-19(26-30)20-12-23(31)29-15-17(4-6-21(29)25-20)28-11-8-18(14-28)27-9-2-3-10-27;1-13-7-19(26-29-11-16(4)24-22(13)29)18-8-21(30)28-12-17(5-6-20(28)25-18)27-9-14(2)23-15(3)10-27/h5-6,11-13,15,19H,3-4,7-10,14H2,1-2H3;8-12,24H,4-7,13H2,1-3H3;4-7,12-13,15,18H,2-3,8-11,14H2,1H3;5-8,11-12,14-15,23H,9-10H2,1-4H3/t19-;;18-;14-,15-/m0.00/s1. The van der Waals surface area contributed by atoms with Crippen LogP contribution < -0.4 is 52.5 Å². The number of likely N-dealkylation sites (tertiary alicyclic amines) is 2. The molecule has 16 aromatic heterocycles. The second-order valence-electron chi connectivity index (χ2n) is 35.1. The molecule has 32 heteroatoms. The smallest absolute Gasteiger partial charge is 0.258 e. The van der Waals surface area contributed by atoms with E-state index in [4.69, 9.17) is 19.9 Å². The van der Waals surface area contributed by atoms with Gasteiger partial charge in [-0.3, -0.25) is 46.6 Å². The van der Waals surface area contributed by atoms with Crippen LogP contribution in [0.4, 0.5) is 22.7 Å². The third-order valence-corrected chi connectivity index (χ3v) is 25.4. The number of aryl methyl sites for hydroxylation is 8. The van der Waals surface area contributed by atoms with Crippen LogP contribution in [0.5, 0.6) is 0 Å². The maximum absolute atomic E-state index is 13.1.